The highest BCUT2D eigenvalue weighted by Gasteiger charge is 2.32. The minimum absolute atomic E-state index is 0.258. The second kappa shape index (κ2) is 4.69. The molecule has 1 aromatic carbocycles. The first kappa shape index (κ1) is 13.6. The molecule has 8 heteroatoms. The largest absolute Gasteiger partial charge is 0.419 e. The number of hydrogen-bond acceptors (Lipinski definition) is 2. The lowest BCUT2D eigenvalue weighted by Gasteiger charge is -2.10. The van der Waals surface area contributed by atoms with Crippen LogP contribution in [-0.2, 0) is 6.18 Å². The summed E-state index contributed by atoms with van der Waals surface area (Å²) in [5.74, 6) is -0.258. The van der Waals surface area contributed by atoms with Gasteiger partial charge in [0.15, 0.2) is 0 Å². The van der Waals surface area contributed by atoms with Gasteiger partial charge < -0.3 is 5.73 Å². The van der Waals surface area contributed by atoms with Crippen molar-refractivity contribution in [3.05, 3.63) is 46.2 Å². The van der Waals surface area contributed by atoms with Gasteiger partial charge in [-0.2, -0.15) is 18.3 Å². The van der Waals surface area contributed by atoms with Crippen molar-refractivity contribution < 1.29 is 13.2 Å². The number of aromatic nitrogens is 2. The van der Waals surface area contributed by atoms with E-state index in [0.29, 0.717) is 15.7 Å². The fraction of sp³-hybridized carbons (Fsp3) is 0.0909. The van der Waals surface area contributed by atoms with Gasteiger partial charge in [0.25, 0.3) is 0 Å². The van der Waals surface area contributed by atoms with Gasteiger partial charge in [-0.05, 0) is 28.1 Å². The fourth-order valence-corrected chi connectivity index (χ4v) is 2.14. The van der Waals surface area contributed by atoms with E-state index in [4.69, 9.17) is 11.1 Å². The van der Waals surface area contributed by atoms with Crippen molar-refractivity contribution in [3.63, 3.8) is 0 Å². The van der Waals surface area contributed by atoms with Gasteiger partial charge in [-0.1, -0.05) is 6.07 Å². The Balaban J connectivity index is 2.57. The summed E-state index contributed by atoms with van der Waals surface area (Å²) in [6.07, 6.45) is -2.88. The van der Waals surface area contributed by atoms with Crippen LogP contribution in [-0.4, -0.2) is 15.6 Å². The molecule has 0 aliphatic carbocycles. The van der Waals surface area contributed by atoms with Gasteiger partial charge in [0.2, 0.25) is 0 Å². The van der Waals surface area contributed by atoms with Gasteiger partial charge in [-0.15, -0.1) is 0 Å². The maximum atomic E-state index is 12.5. The summed E-state index contributed by atoms with van der Waals surface area (Å²) in [6, 6.07) is 4.81. The molecule has 0 spiro atoms. The first-order valence-electron chi connectivity index (χ1n) is 5.06. The standard InChI is InChI=1S/C11H8BrF3N4/c12-7-2-1-3-8(9(7)10(16)17)19-5-6(4-18-19)11(13,14)15/h1-5H,(H3,16,17). The second-order valence-electron chi connectivity index (χ2n) is 3.72. The lowest BCUT2D eigenvalue weighted by molar-refractivity contribution is -0.137. The maximum Gasteiger partial charge on any atom is 0.419 e. The summed E-state index contributed by atoms with van der Waals surface area (Å²) < 4.78 is 39.1. The van der Waals surface area contributed by atoms with Crippen molar-refractivity contribution in [3.8, 4) is 5.69 Å². The molecular weight excluding hydrogens is 325 g/mol. The molecule has 0 unspecified atom stereocenters. The molecule has 0 aliphatic heterocycles. The summed E-state index contributed by atoms with van der Waals surface area (Å²) in [6.45, 7) is 0. The van der Waals surface area contributed by atoms with Gasteiger partial charge >= 0.3 is 6.18 Å². The summed E-state index contributed by atoms with van der Waals surface area (Å²) in [5, 5.41) is 11.1. The van der Waals surface area contributed by atoms with E-state index >= 15 is 0 Å². The van der Waals surface area contributed by atoms with E-state index in [0.717, 1.165) is 17.1 Å². The molecule has 0 aliphatic rings. The summed E-state index contributed by atoms with van der Waals surface area (Å²) >= 11 is 3.21. The average Bonchev–Trinajstić information content (AvgIpc) is 2.76. The Morgan fingerprint density at radius 1 is 1.37 bits per heavy atom. The Bertz CT molecular complexity index is 633. The van der Waals surface area contributed by atoms with Gasteiger partial charge in [0, 0.05) is 10.7 Å². The van der Waals surface area contributed by atoms with Crippen LogP contribution in [0.3, 0.4) is 0 Å². The van der Waals surface area contributed by atoms with Crippen LogP contribution in [0.1, 0.15) is 11.1 Å². The molecule has 0 amide bonds. The third kappa shape index (κ3) is 2.62. The van der Waals surface area contributed by atoms with Crippen molar-refractivity contribution in [2.45, 2.75) is 6.18 Å². The Morgan fingerprint density at radius 2 is 2.05 bits per heavy atom. The van der Waals surface area contributed by atoms with Crippen LogP contribution in [0.4, 0.5) is 13.2 Å². The lowest BCUT2D eigenvalue weighted by atomic mass is 10.1. The minimum Gasteiger partial charge on any atom is -0.384 e. The van der Waals surface area contributed by atoms with Gasteiger partial charge in [-0.3, -0.25) is 5.41 Å². The average molecular weight is 333 g/mol. The number of alkyl halides is 3. The molecule has 2 rings (SSSR count). The van der Waals surface area contributed by atoms with E-state index in [9.17, 15) is 13.2 Å². The van der Waals surface area contributed by atoms with Crippen LogP contribution in [0, 0.1) is 5.41 Å². The van der Waals surface area contributed by atoms with Crippen LogP contribution < -0.4 is 5.73 Å². The SMILES string of the molecule is N=C(N)c1c(Br)cccc1-n1cc(C(F)(F)F)cn1. The van der Waals surface area contributed by atoms with E-state index in [1.807, 2.05) is 0 Å². The Labute approximate surface area is 114 Å². The van der Waals surface area contributed by atoms with E-state index in [1.54, 1.807) is 12.1 Å². The van der Waals surface area contributed by atoms with Crippen LogP contribution in [0.25, 0.3) is 5.69 Å². The Morgan fingerprint density at radius 3 is 2.58 bits per heavy atom. The van der Waals surface area contributed by atoms with E-state index in [-0.39, 0.29) is 5.84 Å². The van der Waals surface area contributed by atoms with Crippen LogP contribution >= 0.6 is 15.9 Å². The molecule has 19 heavy (non-hydrogen) atoms. The predicted molar refractivity (Wildman–Crippen MR) is 67.3 cm³/mol. The smallest absolute Gasteiger partial charge is 0.384 e. The number of nitrogen functional groups attached to an aromatic ring is 1. The summed E-state index contributed by atoms with van der Waals surface area (Å²) in [7, 11) is 0. The number of rotatable bonds is 2. The zero-order valence-electron chi connectivity index (χ0n) is 9.37. The molecule has 1 aromatic heterocycles. The lowest BCUT2D eigenvalue weighted by Crippen LogP contribution is -2.15. The molecular formula is C11H8BrF3N4. The highest BCUT2D eigenvalue weighted by atomic mass is 79.9. The van der Waals surface area contributed by atoms with E-state index in [2.05, 4.69) is 21.0 Å². The van der Waals surface area contributed by atoms with Crippen molar-refractivity contribution >= 4 is 21.8 Å². The topological polar surface area (TPSA) is 67.7 Å². The van der Waals surface area contributed by atoms with Crippen LogP contribution in [0.5, 0.6) is 0 Å². The number of nitrogens with two attached hydrogens (primary N) is 1. The molecule has 0 saturated carbocycles. The Kier molecular flexibility index (Phi) is 3.36. The monoisotopic (exact) mass is 332 g/mol. The van der Waals surface area contributed by atoms with E-state index < -0.39 is 11.7 Å². The molecule has 0 fully saturated rings. The highest BCUT2D eigenvalue weighted by molar-refractivity contribution is 9.10. The Hall–Kier alpha value is -1.83. The van der Waals surface area contributed by atoms with Crippen molar-refractivity contribution in [2.75, 3.05) is 0 Å². The quantitative estimate of drug-likeness (QED) is 0.655. The molecule has 0 saturated heterocycles. The van der Waals surface area contributed by atoms with E-state index in [1.165, 1.54) is 6.07 Å². The van der Waals surface area contributed by atoms with Gasteiger partial charge in [0.1, 0.15) is 5.84 Å². The van der Waals surface area contributed by atoms with Crippen molar-refractivity contribution in [2.24, 2.45) is 5.73 Å². The number of nitrogens with zero attached hydrogens (tertiary/aromatic N) is 2. The van der Waals surface area contributed by atoms with Gasteiger partial charge in [0.05, 0.1) is 23.0 Å². The maximum absolute atomic E-state index is 12.5. The fourth-order valence-electron chi connectivity index (χ4n) is 1.57. The number of halogens is 4. The second-order valence-corrected chi connectivity index (χ2v) is 4.57. The molecule has 0 atom stereocenters. The highest BCUT2D eigenvalue weighted by Crippen LogP contribution is 2.30. The number of amidine groups is 1. The third-order valence-corrected chi connectivity index (χ3v) is 3.08. The molecule has 100 valence electrons. The molecule has 0 radical (unpaired) electrons. The zero-order chi connectivity index (χ0) is 14.2. The molecule has 3 N–H and O–H groups in total. The number of benzene rings is 1. The molecule has 4 nitrogen and oxygen atoms in total. The normalized spacial score (nSPS) is 11.6. The first-order valence-corrected chi connectivity index (χ1v) is 5.85. The molecule has 1 heterocycles. The predicted octanol–water partition coefficient (Wildman–Crippen LogP) is 2.94. The first-order chi connectivity index (χ1) is 8.80. The van der Waals surface area contributed by atoms with Crippen molar-refractivity contribution in [1.29, 1.82) is 5.41 Å². The summed E-state index contributed by atoms with van der Waals surface area (Å²) in [5.41, 5.74) is 5.17. The minimum atomic E-state index is -4.46. The van der Waals surface area contributed by atoms with Crippen LogP contribution in [0.15, 0.2) is 35.1 Å². The third-order valence-electron chi connectivity index (χ3n) is 2.42. The summed E-state index contributed by atoms with van der Waals surface area (Å²) in [4.78, 5) is 0. The number of nitrogens with one attached hydrogen (secondary N) is 1. The molecule has 2 aromatic rings. The van der Waals surface area contributed by atoms with Crippen molar-refractivity contribution in [1.82, 2.24) is 9.78 Å². The zero-order valence-corrected chi connectivity index (χ0v) is 11.0. The van der Waals surface area contributed by atoms with Crippen LogP contribution in [0.2, 0.25) is 0 Å². The number of hydrogen-bond donors (Lipinski definition) is 2. The van der Waals surface area contributed by atoms with Gasteiger partial charge in [-0.25, -0.2) is 4.68 Å². The molecule has 0 bridgehead atoms.